The van der Waals surface area contributed by atoms with Gasteiger partial charge in [-0.15, -0.1) is 0 Å². The molecular weight excluding hydrogens is 406 g/mol. The van der Waals surface area contributed by atoms with E-state index in [0.29, 0.717) is 45.0 Å². The molecule has 0 bridgehead atoms. The van der Waals surface area contributed by atoms with Crippen LogP contribution in [-0.4, -0.2) is 68.6 Å². The number of benzene rings is 2. The molecule has 4 rings (SSSR count). The van der Waals surface area contributed by atoms with Gasteiger partial charge < -0.3 is 10.1 Å². The number of Topliss-reactive ketones (excluding diaryl/α,β-unsaturated/α-hetero) is 1. The Bertz CT molecular complexity index is 1090. The van der Waals surface area contributed by atoms with Gasteiger partial charge in [0.05, 0.1) is 16.1 Å². The molecule has 2 heterocycles. The van der Waals surface area contributed by atoms with Gasteiger partial charge in [-0.2, -0.15) is 4.31 Å². The van der Waals surface area contributed by atoms with E-state index in [0.717, 1.165) is 11.3 Å². The third-order valence-electron chi connectivity index (χ3n) is 5.42. The molecule has 1 saturated heterocycles. The van der Waals surface area contributed by atoms with Crippen LogP contribution >= 0.6 is 0 Å². The third-order valence-corrected chi connectivity index (χ3v) is 7.31. The number of ether oxygens (including phenoxy) is 1. The van der Waals surface area contributed by atoms with Crippen molar-refractivity contribution in [3.8, 4) is 5.75 Å². The maximum atomic E-state index is 13.0. The number of carbonyl (C=O) groups excluding carboxylic acids is 2. The highest BCUT2D eigenvalue weighted by Gasteiger charge is 2.33. The van der Waals surface area contributed by atoms with Crippen molar-refractivity contribution in [1.82, 2.24) is 9.21 Å². The molecule has 0 unspecified atom stereocenters. The molecule has 158 valence electrons. The molecule has 2 aliphatic heterocycles. The number of hydrogen-bond acceptors (Lipinski definition) is 6. The average Bonchev–Trinajstić information content (AvgIpc) is 3.03. The molecule has 1 amide bonds. The van der Waals surface area contributed by atoms with Crippen LogP contribution in [0.3, 0.4) is 0 Å². The van der Waals surface area contributed by atoms with Crippen LogP contribution in [0.2, 0.25) is 0 Å². The third kappa shape index (κ3) is 3.96. The monoisotopic (exact) mass is 429 g/mol. The summed E-state index contributed by atoms with van der Waals surface area (Å²) >= 11 is 0. The molecule has 1 N–H and O–H groups in total. The first-order valence-corrected chi connectivity index (χ1v) is 11.2. The molecule has 2 aliphatic rings. The van der Waals surface area contributed by atoms with E-state index in [9.17, 15) is 18.0 Å². The van der Waals surface area contributed by atoms with Gasteiger partial charge in [-0.3, -0.25) is 14.5 Å². The van der Waals surface area contributed by atoms with E-state index in [-0.39, 0.29) is 10.5 Å². The van der Waals surface area contributed by atoms with Gasteiger partial charge in [0, 0.05) is 32.7 Å². The summed E-state index contributed by atoms with van der Waals surface area (Å²) in [6.07, 6.45) is 0. The molecule has 0 aromatic heterocycles. The van der Waals surface area contributed by atoms with Crippen molar-refractivity contribution in [1.29, 1.82) is 0 Å². The van der Waals surface area contributed by atoms with E-state index in [1.165, 1.54) is 22.5 Å². The summed E-state index contributed by atoms with van der Waals surface area (Å²) < 4.78 is 33.2. The maximum Gasteiger partial charge on any atom is 0.296 e. The molecule has 9 heteroatoms. The topological polar surface area (TPSA) is 96.0 Å². The Morgan fingerprint density at radius 2 is 1.77 bits per heavy atom. The second-order valence-corrected chi connectivity index (χ2v) is 9.29. The van der Waals surface area contributed by atoms with Crippen LogP contribution < -0.4 is 10.1 Å². The van der Waals surface area contributed by atoms with Crippen LogP contribution in [0.5, 0.6) is 5.75 Å². The number of fused-ring (bicyclic) bond motifs is 1. The number of ketones is 1. The normalized spacial score (nSPS) is 17.6. The maximum absolute atomic E-state index is 13.0. The summed E-state index contributed by atoms with van der Waals surface area (Å²) in [5, 5.41) is 2.43. The predicted molar refractivity (Wildman–Crippen MR) is 111 cm³/mol. The van der Waals surface area contributed by atoms with E-state index in [1.54, 1.807) is 0 Å². The molecule has 0 saturated carbocycles. The molecule has 0 spiro atoms. The van der Waals surface area contributed by atoms with E-state index in [4.69, 9.17) is 4.74 Å². The minimum Gasteiger partial charge on any atom is -0.492 e. The molecule has 0 aliphatic carbocycles. The summed E-state index contributed by atoms with van der Waals surface area (Å²) in [5.74, 6) is -0.584. The number of carbonyl (C=O) groups is 2. The molecule has 1 fully saturated rings. The molecule has 2 aromatic rings. The zero-order valence-electron chi connectivity index (χ0n) is 16.6. The lowest BCUT2D eigenvalue weighted by Crippen LogP contribution is -2.49. The van der Waals surface area contributed by atoms with Gasteiger partial charge in [0.25, 0.3) is 11.7 Å². The van der Waals surface area contributed by atoms with Crippen LogP contribution in [0.25, 0.3) is 0 Å². The lowest BCUT2D eigenvalue weighted by molar-refractivity contribution is -0.112. The Morgan fingerprint density at radius 1 is 1.03 bits per heavy atom. The van der Waals surface area contributed by atoms with Crippen molar-refractivity contribution in [3.05, 3.63) is 53.6 Å². The molecule has 8 nitrogen and oxygen atoms in total. The Morgan fingerprint density at radius 3 is 2.50 bits per heavy atom. The van der Waals surface area contributed by atoms with Gasteiger partial charge in [0.2, 0.25) is 10.0 Å². The van der Waals surface area contributed by atoms with Gasteiger partial charge in [-0.25, -0.2) is 8.42 Å². The van der Waals surface area contributed by atoms with Crippen LogP contribution in [0.1, 0.15) is 15.9 Å². The summed E-state index contributed by atoms with van der Waals surface area (Å²) in [6, 6.07) is 12.0. The zero-order valence-corrected chi connectivity index (χ0v) is 17.4. The number of rotatable bonds is 6. The molecule has 30 heavy (non-hydrogen) atoms. The van der Waals surface area contributed by atoms with Crippen LogP contribution in [0.4, 0.5) is 5.69 Å². The summed E-state index contributed by atoms with van der Waals surface area (Å²) in [5.41, 5.74) is 1.54. The molecule has 0 atom stereocenters. The molecule has 0 radical (unpaired) electrons. The average molecular weight is 429 g/mol. The minimum atomic E-state index is -3.73. The number of nitrogens with zero attached hydrogens (tertiary/aromatic N) is 2. The Kier molecular flexibility index (Phi) is 5.59. The predicted octanol–water partition coefficient (Wildman–Crippen LogP) is 1.52. The fourth-order valence-corrected chi connectivity index (χ4v) is 5.08. The minimum absolute atomic E-state index is 0.0300. The second kappa shape index (κ2) is 8.17. The van der Waals surface area contributed by atoms with E-state index in [2.05, 4.69) is 10.2 Å². The standard InChI is InChI=1S/C21H23N3O5S/c1-15-4-2-3-5-19(15)29-13-12-23-8-10-24(11-9-23)30(27,28)16-6-7-18-17(14-16)20(25)21(26)22-18/h2-7,14H,8-13H2,1H3,(H,22,25,26). The zero-order chi connectivity index (χ0) is 21.3. The van der Waals surface area contributed by atoms with Crippen molar-refractivity contribution in [2.75, 3.05) is 44.6 Å². The Hall–Kier alpha value is -2.75. The van der Waals surface area contributed by atoms with Crippen molar-refractivity contribution >= 4 is 27.4 Å². The largest absolute Gasteiger partial charge is 0.492 e. The van der Waals surface area contributed by atoms with E-state index >= 15 is 0 Å². The lowest BCUT2D eigenvalue weighted by Gasteiger charge is -2.33. The highest BCUT2D eigenvalue weighted by atomic mass is 32.2. The Labute approximate surface area is 175 Å². The van der Waals surface area contributed by atoms with E-state index < -0.39 is 21.7 Å². The van der Waals surface area contributed by atoms with Crippen LogP contribution in [-0.2, 0) is 14.8 Å². The van der Waals surface area contributed by atoms with Gasteiger partial charge in [0.1, 0.15) is 12.4 Å². The number of hydrogen-bond donors (Lipinski definition) is 1. The van der Waals surface area contributed by atoms with E-state index in [1.807, 2.05) is 31.2 Å². The van der Waals surface area contributed by atoms with Crippen molar-refractivity contribution in [2.45, 2.75) is 11.8 Å². The van der Waals surface area contributed by atoms with Crippen molar-refractivity contribution in [2.24, 2.45) is 0 Å². The van der Waals surface area contributed by atoms with Crippen LogP contribution in [0, 0.1) is 6.92 Å². The molecular formula is C21H23N3O5S. The molecule has 2 aromatic carbocycles. The number of amides is 1. The quantitative estimate of drug-likeness (QED) is 0.700. The number of piperazine rings is 1. The number of para-hydroxylation sites is 1. The first-order chi connectivity index (χ1) is 14.4. The van der Waals surface area contributed by atoms with Crippen LogP contribution in [0.15, 0.2) is 47.4 Å². The van der Waals surface area contributed by atoms with Gasteiger partial charge in [-0.05, 0) is 36.8 Å². The van der Waals surface area contributed by atoms with Gasteiger partial charge >= 0.3 is 0 Å². The SMILES string of the molecule is Cc1ccccc1OCCN1CCN(S(=O)(=O)c2ccc3c(c2)C(=O)C(=O)N3)CC1. The van der Waals surface area contributed by atoms with Gasteiger partial charge in [-0.1, -0.05) is 18.2 Å². The van der Waals surface area contributed by atoms with Crippen molar-refractivity contribution < 1.29 is 22.7 Å². The van der Waals surface area contributed by atoms with Gasteiger partial charge in [0.15, 0.2) is 0 Å². The fraction of sp³-hybridized carbons (Fsp3) is 0.333. The number of sulfonamides is 1. The summed E-state index contributed by atoms with van der Waals surface area (Å²) in [4.78, 5) is 25.6. The number of nitrogens with one attached hydrogen (secondary N) is 1. The highest BCUT2D eigenvalue weighted by Crippen LogP contribution is 2.27. The number of anilines is 1. The second-order valence-electron chi connectivity index (χ2n) is 7.35. The first kappa shape index (κ1) is 20.5. The first-order valence-electron chi connectivity index (χ1n) is 9.77. The summed E-state index contributed by atoms with van der Waals surface area (Å²) in [6.45, 7) is 5.15. The smallest absolute Gasteiger partial charge is 0.296 e. The lowest BCUT2D eigenvalue weighted by atomic mass is 10.1. The Balaban J connectivity index is 1.34. The fourth-order valence-electron chi connectivity index (χ4n) is 3.63. The van der Waals surface area contributed by atoms with Crippen molar-refractivity contribution in [3.63, 3.8) is 0 Å². The highest BCUT2D eigenvalue weighted by molar-refractivity contribution is 7.89. The summed E-state index contributed by atoms with van der Waals surface area (Å²) in [7, 11) is -3.73. The number of aryl methyl sites for hydroxylation is 1.